The first-order chi connectivity index (χ1) is 13.0. The van der Waals surface area contributed by atoms with Crippen LogP contribution in [-0.4, -0.2) is 58.0 Å². The van der Waals surface area contributed by atoms with Crippen molar-refractivity contribution < 1.29 is 17.9 Å². The van der Waals surface area contributed by atoms with Gasteiger partial charge in [-0.15, -0.1) is 0 Å². The van der Waals surface area contributed by atoms with Crippen LogP contribution >= 0.6 is 11.6 Å². The quantitative estimate of drug-likeness (QED) is 0.732. The molecular weight excluding hydrogens is 388 g/mol. The van der Waals surface area contributed by atoms with Crippen LogP contribution in [0.5, 0.6) is 11.5 Å². The van der Waals surface area contributed by atoms with Gasteiger partial charge in [0, 0.05) is 43.3 Å². The zero-order chi connectivity index (χ0) is 19.4. The molecule has 146 valence electrons. The standard InChI is InChI=1S/C19H23ClN2O4S/c1-25-18-5-3-4-15(19(18)26-2)14-21-10-12-22(13-11-21)27(23,24)17-8-6-16(20)7-9-17/h3-9H,10-14H2,1-2H3. The highest BCUT2D eigenvalue weighted by molar-refractivity contribution is 7.89. The normalized spacial score (nSPS) is 16.3. The Morgan fingerprint density at radius 1 is 0.963 bits per heavy atom. The van der Waals surface area contributed by atoms with E-state index in [0.717, 1.165) is 11.3 Å². The monoisotopic (exact) mass is 410 g/mol. The number of halogens is 1. The van der Waals surface area contributed by atoms with E-state index in [1.807, 2.05) is 18.2 Å². The van der Waals surface area contributed by atoms with Crippen LogP contribution in [0.3, 0.4) is 0 Å². The number of benzene rings is 2. The summed E-state index contributed by atoms with van der Waals surface area (Å²) in [5.41, 5.74) is 1.02. The highest BCUT2D eigenvalue weighted by atomic mass is 35.5. The largest absolute Gasteiger partial charge is 0.493 e. The molecule has 1 aliphatic rings. The highest BCUT2D eigenvalue weighted by Crippen LogP contribution is 2.31. The third kappa shape index (κ3) is 4.38. The second-order valence-electron chi connectivity index (χ2n) is 6.29. The molecule has 3 rings (SSSR count). The zero-order valence-electron chi connectivity index (χ0n) is 15.4. The number of hydrogen-bond acceptors (Lipinski definition) is 5. The predicted molar refractivity (Wildman–Crippen MR) is 105 cm³/mol. The molecule has 1 fully saturated rings. The first kappa shape index (κ1) is 19.9. The van der Waals surface area contributed by atoms with Crippen LogP contribution in [0.4, 0.5) is 0 Å². The summed E-state index contributed by atoms with van der Waals surface area (Å²) in [6.07, 6.45) is 0. The molecule has 2 aromatic carbocycles. The molecule has 0 atom stereocenters. The zero-order valence-corrected chi connectivity index (χ0v) is 17.0. The Balaban J connectivity index is 1.67. The van der Waals surface area contributed by atoms with Gasteiger partial charge < -0.3 is 9.47 Å². The summed E-state index contributed by atoms with van der Waals surface area (Å²) in [5, 5.41) is 0.519. The van der Waals surface area contributed by atoms with Crippen LogP contribution < -0.4 is 9.47 Å². The second-order valence-corrected chi connectivity index (χ2v) is 8.66. The van der Waals surface area contributed by atoms with E-state index >= 15 is 0 Å². The Bertz CT molecular complexity index is 879. The van der Waals surface area contributed by atoms with Gasteiger partial charge in [-0.1, -0.05) is 23.7 Å². The lowest BCUT2D eigenvalue weighted by molar-refractivity contribution is 0.179. The van der Waals surface area contributed by atoms with Gasteiger partial charge in [-0.2, -0.15) is 4.31 Å². The van der Waals surface area contributed by atoms with Gasteiger partial charge in [0.25, 0.3) is 0 Å². The summed E-state index contributed by atoms with van der Waals surface area (Å²) in [4.78, 5) is 2.49. The lowest BCUT2D eigenvalue weighted by Crippen LogP contribution is -2.48. The summed E-state index contributed by atoms with van der Waals surface area (Å²) in [5.74, 6) is 1.41. The van der Waals surface area contributed by atoms with Gasteiger partial charge >= 0.3 is 0 Å². The minimum Gasteiger partial charge on any atom is -0.493 e. The maximum Gasteiger partial charge on any atom is 0.243 e. The van der Waals surface area contributed by atoms with Crippen molar-refractivity contribution in [2.75, 3.05) is 40.4 Å². The molecule has 0 bridgehead atoms. The molecule has 1 heterocycles. The third-order valence-corrected chi connectivity index (χ3v) is 6.83. The predicted octanol–water partition coefficient (Wildman–Crippen LogP) is 2.86. The summed E-state index contributed by atoms with van der Waals surface area (Å²) in [7, 11) is -0.259. The minimum atomic E-state index is -3.50. The Morgan fingerprint density at radius 3 is 2.22 bits per heavy atom. The summed E-state index contributed by atoms with van der Waals surface area (Å²) < 4.78 is 37.9. The second kappa shape index (κ2) is 8.48. The molecule has 2 aromatic rings. The van der Waals surface area contributed by atoms with Gasteiger partial charge in [-0.05, 0) is 30.3 Å². The van der Waals surface area contributed by atoms with Crippen LogP contribution in [0.1, 0.15) is 5.56 Å². The van der Waals surface area contributed by atoms with Gasteiger partial charge in [0.1, 0.15) is 0 Å². The number of nitrogens with zero attached hydrogens (tertiary/aromatic N) is 2. The highest BCUT2D eigenvalue weighted by Gasteiger charge is 2.28. The Hall–Kier alpha value is -1.80. The van der Waals surface area contributed by atoms with Gasteiger partial charge in [0.15, 0.2) is 11.5 Å². The van der Waals surface area contributed by atoms with Crippen LogP contribution in [0.2, 0.25) is 5.02 Å². The number of rotatable bonds is 6. The SMILES string of the molecule is COc1cccc(CN2CCN(S(=O)(=O)c3ccc(Cl)cc3)CC2)c1OC. The Kier molecular flexibility index (Phi) is 6.26. The lowest BCUT2D eigenvalue weighted by Gasteiger charge is -2.34. The number of piperazine rings is 1. The average molecular weight is 411 g/mol. The van der Waals surface area contributed by atoms with Crippen LogP contribution in [0, 0.1) is 0 Å². The van der Waals surface area contributed by atoms with E-state index in [9.17, 15) is 8.42 Å². The molecule has 27 heavy (non-hydrogen) atoms. The molecule has 1 aliphatic heterocycles. The minimum absolute atomic E-state index is 0.273. The summed E-state index contributed by atoms with van der Waals surface area (Å²) >= 11 is 5.86. The number of para-hydroxylation sites is 1. The van der Waals surface area contributed by atoms with Crippen molar-refractivity contribution in [3.8, 4) is 11.5 Å². The van der Waals surface area contributed by atoms with E-state index in [1.165, 1.54) is 4.31 Å². The van der Waals surface area contributed by atoms with E-state index in [1.54, 1.807) is 38.5 Å². The average Bonchev–Trinajstić information content (AvgIpc) is 2.68. The van der Waals surface area contributed by atoms with E-state index in [-0.39, 0.29) is 4.90 Å². The van der Waals surface area contributed by atoms with Gasteiger partial charge in [0.2, 0.25) is 10.0 Å². The fourth-order valence-corrected chi connectivity index (χ4v) is 4.75. The van der Waals surface area contributed by atoms with Crippen molar-refractivity contribution in [3.05, 3.63) is 53.1 Å². The first-order valence-corrected chi connectivity index (χ1v) is 10.5. The van der Waals surface area contributed by atoms with Crippen LogP contribution in [0.15, 0.2) is 47.4 Å². The molecule has 0 amide bonds. The molecule has 6 nitrogen and oxygen atoms in total. The van der Waals surface area contributed by atoms with Gasteiger partial charge in [-0.3, -0.25) is 4.90 Å². The smallest absolute Gasteiger partial charge is 0.243 e. The van der Waals surface area contributed by atoms with E-state index in [0.29, 0.717) is 43.5 Å². The van der Waals surface area contributed by atoms with Crippen molar-refractivity contribution >= 4 is 21.6 Å². The lowest BCUT2D eigenvalue weighted by atomic mass is 10.1. The molecule has 0 unspecified atom stereocenters. The number of sulfonamides is 1. The van der Waals surface area contributed by atoms with E-state index in [2.05, 4.69) is 4.90 Å². The maximum atomic E-state index is 12.8. The molecule has 0 N–H and O–H groups in total. The number of ether oxygens (including phenoxy) is 2. The number of hydrogen-bond donors (Lipinski definition) is 0. The van der Waals surface area contributed by atoms with Crippen molar-refractivity contribution in [2.24, 2.45) is 0 Å². The summed E-state index contributed by atoms with van der Waals surface area (Å²) in [6, 6.07) is 12.1. The van der Waals surface area contributed by atoms with Gasteiger partial charge in [-0.25, -0.2) is 8.42 Å². The third-order valence-electron chi connectivity index (χ3n) is 4.66. The molecule has 8 heteroatoms. The maximum absolute atomic E-state index is 12.8. The number of methoxy groups -OCH3 is 2. The Labute approximate surface area is 165 Å². The first-order valence-electron chi connectivity index (χ1n) is 8.63. The molecule has 0 radical (unpaired) electrons. The van der Waals surface area contributed by atoms with Crippen molar-refractivity contribution in [3.63, 3.8) is 0 Å². The molecule has 0 spiro atoms. The Morgan fingerprint density at radius 2 is 1.63 bits per heavy atom. The molecule has 0 aliphatic carbocycles. The molecular formula is C19H23ClN2O4S. The fraction of sp³-hybridized carbons (Fsp3) is 0.368. The van der Waals surface area contributed by atoms with Gasteiger partial charge in [0.05, 0.1) is 19.1 Å². The molecule has 0 aromatic heterocycles. The van der Waals surface area contributed by atoms with E-state index in [4.69, 9.17) is 21.1 Å². The van der Waals surface area contributed by atoms with Crippen LogP contribution in [-0.2, 0) is 16.6 Å². The topological polar surface area (TPSA) is 59.1 Å². The van der Waals surface area contributed by atoms with E-state index < -0.39 is 10.0 Å². The summed E-state index contributed by atoms with van der Waals surface area (Å²) in [6.45, 7) is 2.85. The van der Waals surface area contributed by atoms with Crippen molar-refractivity contribution in [2.45, 2.75) is 11.4 Å². The van der Waals surface area contributed by atoms with Crippen LogP contribution in [0.25, 0.3) is 0 Å². The van der Waals surface area contributed by atoms with Crippen molar-refractivity contribution in [1.29, 1.82) is 0 Å². The van der Waals surface area contributed by atoms with Crippen molar-refractivity contribution in [1.82, 2.24) is 9.21 Å². The molecule has 0 saturated carbocycles. The molecule has 1 saturated heterocycles. The fourth-order valence-electron chi connectivity index (χ4n) is 3.20.